The first kappa shape index (κ1) is 25.3. The predicted molar refractivity (Wildman–Crippen MR) is 157 cm³/mol. The molecule has 0 radical (unpaired) electrons. The lowest BCUT2D eigenvalue weighted by Crippen LogP contribution is -2.49. The number of para-hydroxylation sites is 1. The second kappa shape index (κ2) is 9.45. The van der Waals surface area contributed by atoms with Crippen LogP contribution < -0.4 is 14.8 Å². The molecule has 4 unspecified atom stereocenters. The van der Waals surface area contributed by atoms with Crippen LogP contribution in [0.4, 0.5) is 5.69 Å². The average molecular weight is 563 g/mol. The van der Waals surface area contributed by atoms with Gasteiger partial charge in [0.1, 0.15) is 23.0 Å². The topological polar surface area (TPSA) is 84.9 Å². The lowest BCUT2D eigenvalue weighted by Gasteiger charge is -2.38. The van der Waals surface area contributed by atoms with E-state index in [0.29, 0.717) is 27.6 Å². The maximum Gasteiger partial charge on any atom is 0.238 e. The number of amides is 1. The van der Waals surface area contributed by atoms with Crippen molar-refractivity contribution in [1.29, 1.82) is 0 Å². The third kappa shape index (κ3) is 3.47. The molecule has 1 fully saturated rings. The molecule has 4 aromatic rings. The van der Waals surface area contributed by atoms with E-state index in [1.165, 1.54) is 25.6 Å². The normalized spacial score (nSPS) is 23.5. The minimum atomic E-state index is -1.40. The molecule has 7 rings (SSSR count). The Bertz CT molecular complexity index is 1750. The van der Waals surface area contributed by atoms with Gasteiger partial charge in [-0.05, 0) is 58.5 Å². The second-order valence-electron chi connectivity index (χ2n) is 10.4. The largest absolute Gasteiger partial charge is 0.497 e. The molecule has 3 aliphatic rings. The molecular weight excluding hydrogens is 536 g/mol. The van der Waals surface area contributed by atoms with E-state index in [-0.39, 0.29) is 23.0 Å². The predicted octanol–water partition coefficient (Wildman–Crippen LogP) is 5.75. The lowest BCUT2D eigenvalue weighted by atomic mass is 9.62. The fourth-order valence-corrected chi connectivity index (χ4v) is 7.60. The van der Waals surface area contributed by atoms with Crippen LogP contribution in [0.5, 0.6) is 11.5 Å². The number of ketones is 2. The molecule has 8 heteroatoms. The van der Waals surface area contributed by atoms with E-state index in [1.54, 1.807) is 24.3 Å². The number of ether oxygens (including phenoxy) is 2. The van der Waals surface area contributed by atoms with E-state index in [1.807, 2.05) is 77.2 Å². The molecule has 4 atom stereocenters. The van der Waals surface area contributed by atoms with Gasteiger partial charge >= 0.3 is 0 Å². The molecule has 3 aromatic carbocycles. The number of carbonyl (C=O) groups is 3. The molecular formula is C33H26N2O5S. The lowest BCUT2D eigenvalue weighted by molar-refractivity contribution is -0.122. The van der Waals surface area contributed by atoms with Crippen LogP contribution in [0.1, 0.15) is 42.8 Å². The number of nitrogens with one attached hydrogen (secondary N) is 1. The van der Waals surface area contributed by atoms with Gasteiger partial charge in [-0.25, -0.2) is 0 Å². The standard InChI is InChI=1S/C33H26N2O5S/c1-39-20-13-14-25(40-2)22(18-20)29(36)27-28(30(37)26-12-7-17-41-26)35-16-15-19-8-3-4-9-21(19)31(35)33(27)23-10-5-6-11-24(23)34-32(33)38/h3-18,27-28,31H,1-2H3,(H,34,38). The van der Waals surface area contributed by atoms with Crippen LogP contribution in [0.2, 0.25) is 0 Å². The van der Waals surface area contributed by atoms with Gasteiger partial charge in [0, 0.05) is 11.9 Å². The van der Waals surface area contributed by atoms with Crippen molar-refractivity contribution in [3.8, 4) is 11.5 Å². The highest BCUT2D eigenvalue weighted by Crippen LogP contribution is 2.62. The van der Waals surface area contributed by atoms with E-state index < -0.39 is 23.4 Å². The van der Waals surface area contributed by atoms with Crippen LogP contribution in [0.25, 0.3) is 6.08 Å². The van der Waals surface area contributed by atoms with Crippen LogP contribution >= 0.6 is 11.3 Å². The minimum absolute atomic E-state index is 0.205. The summed E-state index contributed by atoms with van der Waals surface area (Å²) < 4.78 is 11.1. The molecule has 41 heavy (non-hydrogen) atoms. The molecule has 0 aliphatic carbocycles. The van der Waals surface area contributed by atoms with Gasteiger partial charge < -0.3 is 19.7 Å². The molecule has 0 saturated carbocycles. The first-order chi connectivity index (χ1) is 20.0. The summed E-state index contributed by atoms with van der Waals surface area (Å²) in [6, 6.07) is 22.4. The van der Waals surface area contributed by atoms with Crippen molar-refractivity contribution >= 4 is 40.6 Å². The van der Waals surface area contributed by atoms with Crippen molar-refractivity contribution in [2.75, 3.05) is 19.5 Å². The van der Waals surface area contributed by atoms with Gasteiger partial charge in [0.2, 0.25) is 5.91 Å². The van der Waals surface area contributed by atoms with Crippen LogP contribution in [0.3, 0.4) is 0 Å². The Balaban J connectivity index is 1.56. The summed E-state index contributed by atoms with van der Waals surface area (Å²) in [6.45, 7) is 0. The van der Waals surface area contributed by atoms with Gasteiger partial charge in [0.25, 0.3) is 0 Å². The summed E-state index contributed by atoms with van der Waals surface area (Å²) in [7, 11) is 3.02. The molecule has 1 N–H and O–H groups in total. The Morgan fingerprint density at radius 2 is 1.73 bits per heavy atom. The number of anilines is 1. The van der Waals surface area contributed by atoms with Crippen molar-refractivity contribution in [3.05, 3.63) is 118 Å². The molecule has 4 heterocycles. The number of fused-ring (bicyclic) bond motifs is 6. The fourth-order valence-electron chi connectivity index (χ4n) is 6.91. The van der Waals surface area contributed by atoms with Crippen LogP contribution in [0, 0.1) is 5.92 Å². The zero-order valence-corrected chi connectivity index (χ0v) is 23.2. The van der Waals surface area contributed by atoms with Gasteiger partial charge in [-0.3, -0.25) is 14.4 Å². The van der Waals surface area contributed by atoms with E-state index in [4.69, 9.17) is 9.47 Å². The monoisotopic (exact) mass is 562 g/mol. The Hall–Kier alpha value is -4.69. The SMILES string of the molecule is COc1ccc(OC)c(C(=O)C2C(C(=O)c3cccs3)N3C=Cc4ccccc4C3C23C(=O)Nc2ccccc23)c1. The first-order valence-corrected chi connectivity index (χ1v) is 14.2. The summed E-state index contributed by atoms with van der Waals surface area (Å²) in [6.07, 6.45) is 3.82. The highest BCUT2D eigenvalue weighted by molar-refractivity contribution is 7.12. The Labute approximate surface area is 241 Å². The van der Waals surface area contributed by atoms with Gasteiger partial charge in [0.15, 0.2) is 11.6 Å². The quantitative estimate of drug-likeness (QED) is 0.302. The molecule has 1 amide bonds. The summed E-state index contributed by atoms with van der Waals surface area (Å²) in [4.78, 5) is 46.5. The van der Waals surface area contributed by atoms with Crippen molar-refractivity contribution in [1.82, 2.24) is 4.90 Å². The number of benzene rings is 3. The van der Waals surface area contributed by atoms with Crippen molar-refractivity contribution in [2.45, 2.75) is 17.5 Å². The van der Waals surface area contributed by atoms with Crippen molar-refractivity contribution in [2.24, 2.45) is 5.92 Å². The smallest absolute Gasteiger partial charge is 0.238 e. The zero-order valence-electron chi connectivity index (χ0n) is 22.4. The second-order valence-corrected chi connectivity index (χ2v) is 11.3. The number of rotatable bonds is 6. The fraction of sp³-hybridized carbons (Fsp3) is 0.182. The van der Waals surface area contributed by atoms with E-state index in [9.17, 15) is 9.59 Å². The number of carbonyl (C=O) groups excluding carboxylic acids is 3. The first-order valence-electron chi connectivity index (χ1n) is 13.3. The zero-order chi connectivity index (χ0) is 28.3. The summed E-state index contributed by atoms with van der Waals surface area (Å²) >= 11 is 1.33. The number of Topliss-reactive ketones (excluding diaryl/α,β-unsaturated/α-hetero) is 2. The highest BCUT2D eigenvalue weighted by atomic mass is 32.1. The molecule has 1 spiro atoms. The van der Waals surface area contributed by atoms with E-state index >= 15 is 4.79 Å². The van der Waals surface area contributed by atoms with Gasteiger partial charge in [-0.2, -0.15) is 0 Å². The van der Waals surface area contributed by atoms with Gasteiger partial charge in [0.05, 0.1) is 36.6 Å². The number of nitrogens with zero attached hydrogens (tertiary/aromatic N) is 1. The summed E-state index contributed by atoms with van der Waals surface area (Å²) in [5.74, 6) is -1.13. The number of hydrogen-bond donors (Lipinski definition) is 1. The minimum Gasteiger partial charge on any atom is -0.497 e. The highest BCUT2D eigenvalue weighted by Gasteiger charge is 2.71. The Morgan fingerprint density at radius 3 is 2.51 bits per heavy atom. The molecule has 1 aromatic heterocycles. The third-order valence-corrected chi connectivity index (χ3v) is 9.44. The maximum atomic E-state index is 15.0. The van der Waals surface area contributed by atoms with Crippen molar-refractivity contribution < 1.29 is 23.9 Å². The molecule has 204 valence electrons. The average Bonchev–Trinajstić information content (AvgIpc) is 3.73. The van der Waals surface area contributed by atoms with E-state index in [0.717, 1.165) is 11.1 Å². The number of thiophene rings is 1. The molecule has 3 aliphatic heterocycles. The Morgan fingerprint density at radius 1 is 0.927 bits per heavy atom. The summed E-state index contributed by atoms with van der Waals surface area (Å²) in [5, 5.41) is 4.91. The van der Waals surface area contributed by atoms with Gasteiger partial charge in [-0.15, -0.1) is 11.3 Å². The Kier molecular flexibility index (Phi) is 5.83. The third-order valence-electron chi connectivity index (χ3n) is 8.56. The van der Waals surface area contributed by atoms with Crippen LogP contribution in [-0.4, -0.2) is 42.6 Å². The van der Waals surface area contributed by atoms with Crippen molar-refractivity contribution in [3.63, 3.8) is 0 Å². The molecule has 0 bridgehead atoms. The van der Waals surface area contributed by atoms with Gasteiger partial charge in [-0.1, -0.05) is 48.5 Å². The number of methoxy groups -OCH3 is 2. The number of hydrogen-bond acceptors (Lipinski definition) is 7. The van der Waals surface area contributed by atoms with Crippen LogP contribution in [0.15, 0.2) is 90.4 Å². The molecule has 7 nitrogen and oxygen atoms in total. The molecule has 1 saturated heterocycles. The summed E-state index contributed by atoms with van der Waals surface area (Å²) in [5.41, 5.74) is 2.03. The van der Waals surface area contributed by atoms with E-state index in [2.05, 4.69) is 5.32 Å². The van der Waals surface area contributed by atoms with Crippen LogP contribution in [-0.2, 0) is 10.2 Å². The maximum absolute atomic E-state index is 15.0.